The van der Waals surface area contributed by atoms with Gasteiger partial charge in [0.25, 0.3) is 0 Å². The van der Waals surface area contributed by atoms with Crippen LogP contribution >= 0.6 is 0 Å². The van der Waals surface area contributed by atoms with Gasteiger partial charge in [0.2, 0.25) is 0 Å². The molecule has 0 atom stereocenters. The van der Waals surface area contributed by atoms with Gasteiger partial charge in [0.1, 0.15) is 11.3 Å². The fourth-order valence-electron chi connectivity index (χ4n) is 2.17. The maximum absolute atomic E-state index is 11.9. The van der Waals surface area contributed by atoms with E-state index >= 15 is 0 Å². The second-order valence-corrected chi connectivity index (χ2v) is 4.33. The van der Waals surface area contributed by atoms with Gasteiger partial charge in [0, 0.05) is 17.0 Å². The smallest absolute Gasteiger partial charge is 0.339 e. The van der Waals surface area contributed by atoms with Gasteiger partial charge in [-0.1, -0.05) is 13.3 Å². The van der Waals surface area contributed by atoms with Crippen LogP contribution in [0.15, 0.2) is 27.4 Å². The summed E-state index contributed by atoms with van der Waals surface area (Å²) in [4.78, 5) is 11.9. The molecule has 2 rings (SSSR count). The zero-order chi connectivity index (χ0) is 13.1. The average Bonchev–Trinajstić information content (AvgIpc) is 2.34. The minimum absolute atomic E-state index is 0.226. The Morgan fingerprint density at radius 2 is 2.06 bits per heavy atom. The molecule has 0 unspecified atom stereocenters. The van der Waals surface area contributed by atoms with Gasteiger partial charge < -0.3 is 9.15 Å². The molecule has 0 saturated heterocycles. The van der Waals surface area contributed by atoms with E-state index < -0.39 is 0 Å². The van der Waals surface area contributed by atoms with Crippen LogP contribution in [0.1, 0.15) is 31.4 Å². The summed E-state index contributed by atoms with van der Waals surface area (Å²) in [5.41, 5.74) is 2.18. The Morgan fingerprint density at radius 3 is 2.72 bits per heavy atom. The largest absolute Gasteiger partial charge is 0.494 e. The number of hydrogen-bond donors (Lipinski definition) is 0. The van der Waals surface area contributed by atoms with Gasteiger partial charge in [-0.3, -0.25) is 0 Å². The Labute approximate surface area is 106 Å². The Bertz CT molecular complexity index is 611. The first kappa shape index (κ1) is 12.7. The van der Waals surface area contributed by atoms with Crippen molar-refractivity contribution >= 4 is 11.0 Å². The number of benzene rings is 1. The van der Waals surface area contributed by atoms with E-state index in [1.165, 1.54) is 0 Å². The summed E-state index contributed by atoms with van der Waals surface area (Å²) < 4.78 is 10.8. The fraction of sp³-hybridized carbons (Fsp3) is 0.400. The molecule has 3 heteroatoms. The number of aryl methyl sites for hydroxylation is 1. The van der Waals surface area contributed by atoms with Crippen molar-refractivity contribution in [2.75, 3.05) is 6.61 Å². The van der Waals surface area contributed by atoms with Crippen molar-refractivity contribution in [2.24, 2.45) is 0 Å². The number of rotatable bonds is 4. The molecule has 1 heterocycles. The average molecular weight is 246 g/mol. The van der Waals surface area contributed by atoms with Gasteiger partial charge >= 0.3 is 5.63 Å². The van der Waals surface area contributed by atoms with Crippen LogP contribution in [0.3, 0.4) is 0 Å². The van der Waals surface area contributed by atoms with Crippen LogP contribution < -0.4 is 10.4 Å². The van der Waals surface area contributed by atoms with Crippen molar-refractivity contribution in [3.63, 3.8) is 0 Å². The van der Waals surface area contributed by atoms with Crippen LogP contribution in [-0.4, -0.2) is 6.61 Å². The van der Waals surface area contributed by atoms with Gasteiger partial charge in [0.05, 0.1) is 6.61 Å². The first-order chi connectivity index (χ1) is 8.67. The summed E-state index contributed by atoms with van der Waals surface area (Å²) in [7, 11) is 0. The lowest BCUT2D eigenvalue weighted by Crippen LogP contribution is -2.10. The number of hydrogen-bond acceptors (Lipinski definition) is 3. The highest BCUT2D eigenvalue weighted by Crippen LogP contribution is 2.24. The van der Waals surface area contributed by atoms with Gasteiger partial charge in [-0.25, -0.2) is 4.79 Å². The zero-order valence-electron chi connectivity index (χ0n) is 11.1. The Morgan fingerprint density at radius 1 is 1.28 bits per heavy atom. The SMILES string of the molecule is CCCc1c(C)c2ccc(OCC)cc2oc1=O. The van der Waals surface area contributed by atoms with Gasteiger partial charge in [-0.05, 0) is 38.0 Å². The highest BCUT2D eigenvalue weighted by Gasteiger charge is 2.11. The van der Waals surface area contributed by atoms with Crippen molar-refractivity contribution in [3.05, 3.63) is 39.7 Å². The van der Waals surface area contributed by atoms with E-state index in [0.29, 0.717) is 12.2 Å². The third kappa shape index (κ3) is 2.26. The molecule has 18 heavy (non-hydrogen) atoms. The van der Waals surface area contributed by atoms with Crippen LogP contribution in [0.2, 0.25) is 0 Å². The van der Waals surface area contributed by atoms with Gasteiger partial charge in [-0.15, -0.1) is 0 Å². The van der Waals surface area contributed by atoms with Crippen LogP contribution in [0.25, 0.3) is 11.0 Å². The summed E-state index contributed by atoms with van der Waals surface area (Å²) in [5, 5.41) is 0.988. The van der Waals surface area contributed by atoms with Gasteiger partial charge in [-0.2, -0.15) is 0 Å². The molecule has 2 aromatic rings. The quantitative estimate of drug-likeness (QED) is 0.776. The summed E-state index contributed by atoms with van der Waals surface area (Å²) >= 11 is 0. The van der Waals surface area contributed by atoms with E-state index in [-0.39, 0.29) is 5.63 Å². The summed E-state index contributed by atoms with van der Waals surface area (Å²) in [6, 6.07) is 5.65. The predicted octanol–water partition coefficient (Wildman–Crippen LogP) is 3.45. The number of ether oxygens (including phenoxy) is 1. The second kappa shape index (κ2) is 5.25. The molecule has 1 aromatic heterocycles. The Kier molecular flexibility index (Phi) is 3.70. The van der Waals surface area contributed by atoms with E-state index in [1.807, 2.05) is 26.0 Å². The lowest BCUT2D eigenvalue weighted by Gasteiger charge is -2.08. The Balaban J connectivity index is 2.62. The highest BCUT2D eigenvalue weighted by atomic mass is 16.5. The van der Waals surface area contributed by atoms with E-state index in [4.69, 9.17) is 9.15 Å². The lowest BCUT2D eigenvalue weighted by atomic mass is 10.0. The molecule has 3 nitrogen and oxygen atoms in total. The summed E-state index contributed by atoms with van der Waals surface area (Å²) in [6.45, 7) is 6.56. The molecule has 0 spiro atoms. The van der Waals surface area contributed by atoms with E-state index in [2.05, 4.69) is 6.92 Å². The van der Waals surface area contributed by atoms with E-state index in [9.17, 15) is 4.79 Å². The van der Waals surface area contributed by atoms with Crippen LogP contribution in [-0.2, 0) is 6.42 Å². The van der Waals surface area contributed by atoms with Crippen molar-refractivity contribution in [1.29, 1.82) is 0 Å². The molecule has 96 valence electrons. The minimum atomic E-state index is -0.226. The van der Waals surface area contributed by atoms with Crippen LogP contribution in [0, 0.1) is 6.92 Å². The van der Waals surface area contributed by atoms with Gasteiger partial charge in [0.15, 0.2) is 0 Å². The third-order valence-corrected chi connectivity index (χ3v) is 3.07. The molecule has 0 bridgehead atoms. The third-order valence-electron chi connectivity index (χ3n) is 3.07. The lowest BCUT2D eigenvalue weighted by molar-refractivity contribution is 0.340. The van der Waals surface area contributed by atoms with Crippen molar-refractivity contribution in [1.82, 2.24) is 0 Å². The first-order valence-electron chi connectivity index (χ1n) is 6.36. The molecule has 1 aromatic carbocycles. The first-order valence-corrected chi connectivity index (χ1v) is 6.36. The highest BCUT2D eigenvalue weighted by molar-refractivity contribution is 5.82. The molecule has 0 amide bonds. The molecule has 0 radical (unpaired) electrons. The molecule has 0 aliphatic rings. The summed E-state index contributed by atoms with van der Waals surface area (Å²) in [6.07, 6.45) is 1.70. The van der Waals surface area contributed by atoms with Crippen molar-refractivity contribution < 1.29 is 9.15 Å². The summed E-state index contributed by atoms with van der Waals surface area (Å²) in [5.74, 6) is 0.732. The molecule has 0 aliphatic carbocycles. The minimum Gasteiger partial charge on any atom is -0.494 e. The molecular formula is C15H18O3. The molecule has 0 aliphatic heterocycles. The molecule has 0 saturated carbocycles. The fourth-order valence-corrected chi connectivity index (χ4v) is 2.17. The second-order valence-electron chi connectivity index (χ2n) is 4.33. The maximum Gasteiger partial charge on any atom is 0.339 e. The van der Waals surface area contributed by atoms with Crippen molar-refractivity contribution in [3.8, 4) is 5.75 Å². The normalized spacial score (nSPS) is 10.8. The maximum atomic E-state index is 11.9. The van der Waals surface area contributed by atoms with E-state index in [0.717, 1.165) is 35.1 Å². The molecule has 0 fully saturated rings. The predicted molar refractivity (Wildman–Crippen MR) is 72.4 cm³/mol. The zero-order valence-corrected chi connectivity index (χ0v) is 11.1. The topological polar surface area (TPSA) is 39.4 Å². The van der Waals surface area contributed by atoms with E-state index in [1.54, 1.807) is 6.07 Å². The number of fused-ring (bicyclic) bond motifs is 1. The molecular weight excluding hydrogens is 228 g/mol. The Hall–Kier alpha value is -1.77. The van der Waals surface area contributed by atoms with Crippen LogP contribution in [0.4, 0.5) is 0 Å². The monoisotopic (exact) mass is 246 g/mol. The molecule has 0 N–H and O–H groups in total. The van der Waals surface area contributed by atoms with Crippen molar-refractivity contribution in [2.45, 2.75) is 33.6 Å². The standard InChI is InChI=1S/C15H18O3/c1-4-6-13-10(3)12-8-7-11(17-5-2)9-14(12)18-15(13)16/h7-9H,4-6H2,1-3H3. The van der Waals surface area contributed by atoms with Crippen LogP contribution in [0.5, 0.6) is 5.75 Å².